The Morgan fingerprint density at radius 2 is 0.500 bits per heavy atom. The Morgan fingerprint density at radius 3 is 0.643 bits per heavy atom. The maximum absolute atomic E-state index is 1.60. The minimum Gasteiger partial charge on any atom is -0.147 e. The summed E-state index contributed by atoms with van der Waals surface area (Å²) in [5, 5.41) is 0. The van der Waals surface area contributed by atoms with Gasteiger partial charge in [-0.05, 0) is 62.2 Å². The van der Waals surface area contributed by atoms with Gasteiger partial charge in [0.15, 0.2) is 0 Å². The molecule has 0 aliphatic heterocycles. The number of hydrogen-bond acceptors (Lipinski definition) is 0. The molecule has 4 aliphatic carbocycles. The molecule has 0 atom stereocenters. The van der Waals surface area contributed by atoms with Crippen LogP contribution in [-0.4, -0.2) is 0 Å². The first-order valence-corrected chi connectivity index (χ1v) is 4.90. The van der Waals surface area contributed by atoms with Crippen LogP contribution in [0.15, 0.2) is 0 Å². The van der Waals surface area contributed by atoms with Crippen LogP contribution in [0.2, 0.25) is 0 Å². The molecule has 4 heteroatoms. The van der Waals surface area contributed by atoms with Crippen LogP contribution in [0.5, 0.6) is 0 Å². The second kappa shape index (κ2) is 6.68. The van der Waals surface area contributed by atoms with Gasteiger partial charge in [0.1, 0.15) is 0 Å². The monoisotopic (exact) mass is 280 g/mol. The highest BCUT2D eigenvalue weighted by molar-refractivity contribution is 5.86. The van der Waals surface area contributed by atoms with Gasteiger partial charge in [0.2, 0.25) is 0 Å². The van der Waals surface area contributed by atoms with E-state index in [0.29, 0.717) is 0 Å². The smallest absolute Gasteiger partial charge is 0.0406 e. The van der Waals surface area contributed by atoms with Crippen molar-refractivity contribution in [3.63, 3.8) is 0 Å². The summed E-state index contributed by atoms with van der Waals surface area (Å²) in [7, 11) is 0. The van der Waals surface area contributed by atoms with Crippen LogP contribution in [0.25, 0.3) is 0 Å². The first kappa shape index (κ1) is 17.6. The maximum atomic E-state index is 1.60. The van der Waals surface area contributed by atoms with Crippen molar-refractivity contribution in [2.75, 3.05) is 0 Å². The Hall–Kier alpha value is 1.16. The van der Waals surface area contributed by atoms with Crippen LogP contribution >= 0.6 is 49.6 Å². The van der Waals surface area contributed by atoms with E-state index in [9.17, 15) is 0 Å². The first-order chi connectivity index (χ1) is 4.90. The van der Waals surface area contributed by atoms with Gasteiger partial charge in [-0.15, -0.1) is 49.6 Å². The number of halogens is 4. The summed E-state index contributed by atoms with van der Waals surface area (Å²) in [6.07, 6.45) is 9.62. The summed E-state index contributed by atoms with van der Waals surface area (Å²) < 4.78 is 0. The zero-order chi connectivity index (χ0) is 6.55. The molecule has 4 saturated carbocycles. The maximum Gasteiger partial charge on any atom is -0.0406 e. The van der Waals surface area contributed by atoms with Gasteiger partial charge < -0.3 is 0 Å². The third-order valence-electron chi connectivity index (χ3n) is 4.00. The first-order valence-electron chi connectivity index (χ1n) is 4.90. The summed E-state index contributed by atoms with van der Waals surface area (Å²) in [5.74, 6) is 4.71. The minimum absolute atomic E-state index is 0. The molecule has 88 valence electrons. The number of hydrogen-bond donors (Lipinski definition) is 0. The Bertz CT molecular complexity index is 104. The molecule has 0 heterocycles. The van der Waals surface area contributed by atoms with E-state index in [-0.39, 0.29) is 49.6 Å². The van der Waals surface area contributed by atoms with Crippen molar-refractivity contribution in [3.05, 3.63) is 0 Å². The summed E-state index contributed by atoms with van der Waals surface area (Å²) >= 11 is 0. The molecule has 0 unspecified atom stereocenters. The molecule has 0 radical (unpaired) electrons. The van der Waals surface area contributed by atoms with Gasteiger partial charge in [0, 0.05) is 0 Å². The quantitative estimate of drug-likeness (QED) is 0.612. The van der Waals surface area contributed by atoms with E-state index in [1.807, 2.05) is 0 Å². The summed E-state index contributed by atoms with van der Waals surface area (Å²) in [6, 6.07) is 0. The molecular weight excluding hydrogens is 262 g/mol. The summed E-state index contributed by atoms with van der Waals surface area (Å²) in [4.78, 5) is 0. The van der Waals surface area contributed by atoms with E-state index in [1.54, 1.807) is 38.5 Å². The molecule has 14 heavy (non-hydrogen) atoms. The van der Waals surface area contributed by atoms with Crippen LogP contribution in [0.3, 0.4) is 0 Å². The van der Waals surface area contributed by atoms with E-state index in [4.69, 9.17) is 0 Å². The Kier molecular flexibility index (Phi) is 8.37. The minimum atomic E-state index is 0. The van der Waals surface area contributed by atoms with Gasteiger partial charge in [-0.25, -0.2) is 0 Å². The van der Waals surface area contributed by atoms with Gasteiger partial charge in [-0.3, -0.25) is 0 Å². The summed E-state index contributed by atoms with van der Waals surface area (Å²) in [6.45, 7) is 0. The highest BCUT2D eigenvalue weighted by Gasteiger charge is 2.41. The summed E-state index contributed by atoms with van der Waals surface area (Å²) in [5.41, 5.74) is 0. The molecule has 4 aliphatic rings. The van der Waals surface area contributed by atoms with Gasteiger partial charge >= 0.3 is 0 Å². The van der Waals surface area contributed by atoms with Gasteiger partial charge in [-0.1, -0.05) is 0 Å². The van der Waals surface area contributed by atoms with Gasteiger partial charge in [-0.2, -0.15) is 0 Å². The second-order valence-electron chi connectivity index (χ2n) is 4.88. The third kappa shape index (κ3) is 3.07. The molecular formula is C10H20Cl4. The van der Waals surface area contributed by atoms with E-state index in [2.05, 4.69) is 0 Å². The van der Waals surface area contributed by atoms with Crippen molar-refractivity contribution in [1.82, 2.24) is 0 Å². The van der Waals surface area contributed by atoms with Crippen LogP contribution in [0.1, 0.15) is 38.5 Å². The normalized spacial score (nSPS) is 41.1. The molecule has 0 aromatic rings. The highest BCUT2D eigenvalue weighted by Crippen LogP contribution is 2.53. The van der Waals surface area contributed by atoms with Crippen molar-refractivity contribution in [2.24, 2.45) is 23.7 Å². The fourth-order valence-electron chi connectivity index (χ4n) is 3.98. The molecule has 4 fully saturated rings. The number of rotatable bonds is 0. The third-order valence-corrected chi connectivity index (χ3v) is 4.00. The molecule has 4 rings (SSSR count). The van der Waals surface area contributed by atoms with E-state index < -0.39 is 0 Å². The zero-order valence-corrected chi connectivity index (χ0v) is 11.5. The lowest BCUT2D eigenvalue weighted by Gasteiger charge is -2.49. The van der Waals surface area contributed by atoms with E-state index in [1.165, 1.54) is 23.7 Å². The molecule has 0 spiro atoms. The predicted molar refractivity (Wildman–Crippen MR) is 70.7 cm³/mol. The predicted octanol–water partition coefficient (Wildman–Crippen LogP) is 4.52. The lowest BCUT2D eigenvalue weighted by molar-refractivity contribution is 0.0198. The van der Waals surface area contributed by atoms with Crippen LogP contribution in [-0.2, 0) is 0 Å². The average molecular weight is 282 g/mol. The van der Waals surface area contributed by atoms with Crippen molar-refractivity contribution in [2.45, 2.75) is 38.5 Å². The Balaban J connectivity index is 0. The van der Waals surface area contributed by atoms with Crippen molar-refractivity contribution in [3.8, 4) is 0 Å². The van der Waals surface area contributed by atoms with E-state index >= 15 is 0 Å². The molecule has 0 amide bonds. The zero-order valence-electron chi connectivity index (χ0n) is 8.19. The van der Waals surface area contributed by atoms with Crippen molar-refractivity contribution < 1.29 is 0 Å². The van der Waals surface area contributed by atoms with Crippen LogP contribution in [0, 0.1) is 23.7 Å². The lowest BCUT2D eigenvalue weighted by atomic mass is 9.56. The molecule has 0 aromatic carbocycles. The van der Waals surface area contributed by atoms with Crippen LogP contribution < -0.4 is 0 Å². The van der Waals surface area contributed by atoms with Crippen molar-refractivity contribution in [1.29, 1.82) is 0 Å². The Labute approximate surface area is 112 Å². The topological polar surface area (TPSA) is 0 Å². The average Bonchev–Trinajstić information content (AvgIpc) is 1.82. The standard InChI is InChI=1S/C10H16.4ClH/c1-7-2-9-4-8(1)5-10(3-7)6-9;;;;/h7-10H,1-6H2;4*1H. The largest absolute Gasteiger partial charge is 0.147 e. The molecule has 0 N–H and O–H groups in total. The fraction of sp³-hybridized carbons (Fsp3) is 1.00. The SMILES string of the molecule is C1C2CC3CC1CC(C2)C3.Cl.Cl.Cl.Cl. The van der Waals surface area contributed by atoms with Gasteiger partial charge in [0.25, 0.3) is 0 Å². The lowest BCUT2D eigenvalue weighted by Crippen LogP contribution is -2.38. The molecule has 4 bridgehead atoms. The Morgan fingerprint density at radius 1 is 0.357 bits per heavy atom. The van der Waals surface area contributed by atoms with Crippen molar-refractivity contribution >= 4 is 49.6 Å². The van der Waals surface area contributed by atoms with E-state index in [0.717, 1.165) is 0 Å². The second-order valence-corrected chi connectivity index (χ2v) is 4.88. The van der Waals surface area contributed by atoms with Gasteiger partial charge in [0.05, 0.1) is 0 Å². The van der Waals surface area contributed by atoms with Crippen LogP contribution in [0.4, 0.5) is 0 Å². The molecule has 0 nitrogen and oxygen atoms in total. The molecule has 0 saturated heterocycles. The fourth-order valence-corrected chi connectivity index (χ4v) is 3.98. The molecule has 0 aromatic heterocycles. The highest BCUT2D eigenvalue weighted by atomic mass is 35.5.